The normalized spacial score (nSPS) is 19.6. The number of nitrogens with zero attached hydrogens (tertiary/aromatic N) is 3. The van der Waals surface area contributed by atoms with Crippen molar-refractivity contribution in [1.29, 1.82) is 0 Å². The second-order valence-corrected chi connectivity index (χ2v) is 13.5. The summed E-state index contributed by atoms with van der Waals surface area (Å²) in [5.74, 6) is -0.630. The van der Waals surface area contributed by atoms with Crippen molar-refractivity contribution in [3.8, 4) is 0 Å². The van der Waals surface area contributed by atoms with Crippen LogP contribution in [0, 0.1) is 19.8 Å². The molecule has 0 aromatic heterocycles. The molecule has 2 fully saturated rings. The van der Waals surface area contributed by atoms with Gasteiger partial charge in [-0.3, -0.25) is 13.9 Å². The molecule has 232 valence electrons. The van der Waals surface area contributed by atoms with Crippen LogP contribution in [0.2, 0.25) is 5.02 Å². The average molecular weight is 632 g/mol. The van der Waals surface area contributed by atoms with Gasteiger partial charge in [-0.1, -0.05) is 23.7 Å². The lowest BCUT2D eigenvalue weighted by Crippen LogP contribution is -2.53. The van der Waals surface area contributed by atoms with E-state index in [1.165, 1.54) is 0 Å². The van der Waals surface area contributed by atoms with Crippen LogP contribution in [0.4, 0.5) is 16.2 Å². The van der Waals surface area contributed by atoms with Gasteiger partial charge in [-0.25, -0.2) is 13.2 Å². The minimum absolute atomic E-state index is 0.0604. The summed E-state index contributed by atoms with van der Waals surface area (Å²) < 4.78 is 34.8. The Morgan fingerprint density at radius 2 is 1.65 bits per heavy atom. The van der Waals surface area contributed by atoms with E-state index in [4.69, 9.17) is 16.3 Å². The summed E-state index contributed by atoms with van der Waals surface area (Å²) in [6, 6.07) is 8.58. The van der Waals surface area contributed by atoms with Crippen LogP contribution in [-0.2, 0) is 24.3 Å². The van der Waals surface area contributed by atoms with Gasteiger partial charge in [-0.05, 0) is 74.4 Å². The van der Waals surface area contributed by atoms with E-state index in [0.717, 1.165) is 23.6 Å². The summed E-state index contributed by atoms with van der Waals surface area (Å²) in [4.78, 5) is 42.9. The highest BCUT2D eigenvalue weighted by Crippen LogP contribution is 2.39. The number of morpholine rings is 1. The van der Waals surface area contributed by atoms with Crippen molar-refractivity contribution in [1.82, 2.24) is 15.1 Å². The zero-order chi connectivity index (χ0) is 30.7. The molecule has 1 atom stereocenters. The topological polar surface area (TPSA) is 128 Å². The standard InChI is InChI=1S/C30H38ClN5O6S/c1-20-17-23(31)18-21(2)28(20)43(40,41)36-25-6-4-3-5-24(25)33-29(38)26(36)19-27(37)32-10-7-22-8-11-34(12-9-22)30(39)35-13-15-42-16-14-35/h3-6,17-18,22,26H,7-16,19H2,1-2H3,(H,32,37)(H,33,38). The van der Waals surface area contributed by atoms with Crippen LogP contribution in [0.15, 0.2) is 41.3 Å². The zero-order valence-corrected chi connectivity index (χ0v) is 26.0. The Balaban J connectivity index is 1.22. The minimum Gasteiger partial charge on any atom is -0.378 e. The lowest BCUT2D eigenvalue weighted by Gasteiger charge is -2.37. The Bertz CT molecular complexity index is 1460. The smallest absolute Gasteiger partial charge is 0.320 e. The number of likely N-dealkylation sites (tertiary alicyclic amines) is 1. The molecule has 43 heavy (non-hydrogen) atoms. The Hall–Kier alpha value is -3.35. The number of rotatable bonds is 7. The van der Waals surface area contributed by atoms with E-state index in [2.05, 4.69) is 10.6 Å². The number of carbonyl (C=O) groups excluding carboxylic acids is 3. The number of urea groups is 1. The number of ether oxygens (including phenoxy) is 1. The number of halogens is 1. The predicted molar refractivity (Wildman–Crippen MR) is 164 cm³/mol. The maximum absolute atomic E-state index is 14.2. The molecule has 3 aliphatic heterocycles. The number of para-hydroxylation sites is 2. The molecule has 3 heterocycles. The van der Waals surface area contributed by atoms with Gasteiger partial charge >= 0.3 is 6.03 Å². The molecule has 0 bridgehead atoms. The number of anilines is 2. The van der Waals surface area contributed by atoms with Crippen LogP contribution >= 0.6 is 11.6 Å². The Kier molecular flexibility index (Phi) is 9.48. The molecule has 0 spiro atoms. The van der Waals surface area contributed by atoms with Gasteiger partial charge in [-0.15, -0.1) is 0 Å². The van der Waals surface area contributed by atoms with Crippen LogP contribution in [0.5, 0.6) is 0 Å². The number of hydrogen-bond acceptors (Lipinski definition) is 6. The van der Waals surface area contributed by atoms with E-state index in [1.807, 2.05) is 9.80 Å². The van der Waals surface area contributed by atoms with Crippen LogP contribution in [0.25, 0.3) is 0 Å². The lowest BCUT2D eigenvalue weighted by atomic mass is 9.93. The van der Waals surface area contributed by atoms with Crippen LogP contribution in [-0.4, -0.2) is 88.0 Å². The van der Waals surface area contributed by atoms with Crippen LogP contribution in [0.1, 0.15) is 36.8 Å². The fourth-order valence-corrected chi connectivity index (χ4v) is 8.55. The molecule has 1 unspecified atom stereocenters. The van der Waals surface area contributed by atoms with E-state index < -0.39 is 27.9 Å². The van der Waals surface area contributed by atoms with E-state index >= 15 is 0 Å². The maximum atomic E-state index is 14.2. The van der Waals surface area contributed by atoms with E-state index in [1.54, 1.807) is 50.2 Å². The second kappa shape index (κ2) is 13.1. The van der Waals surface area contributed by atoms with Crippen molar-refractivity contribution in [3.05, 3.63) is 52.5 Å². The van der Waals surface area contributed by atoms with Crippen molar-refractivity contribution in [3.63, 3.8) is 0 Å². The van der Waals surface area contributed by atoms with E-state index in [-0.39, 0.29) is 17.3 Å². The summed E-state index contributed by atoms with van der Waals surface area (Å²) in [6.45, 7) is 7.44. The molecule has 2 aromatic rings. The molecule has 2 aromatic carbocycles. The van der Waals surface area contributed by atoms with Gasteiger partial charge in [0.1, 0.15) is 6.04 Å². The monoisotopic (exact) mass is 631 g/mol. The van der Waals surface area contributed by atoms with Crippen molar-refractivity contribution in [2.45, 2.75) is 50.5 Å². The fraction of sp³-hybridized carbons (Fsp3) is 0.500. The van der Waals surface area contributed by atoms with Gasteiger partial charge in [0.15, 0.2) is 0 Å². The number of benzene rings is 2. The third kappa shape index (κ3) is 6.76. The van der Waals surface area contributed by atoms with E-state index in [9.17, 15) is 22.8 Å². The first kappa shape index (κ1) is 31.1. The van der Waals surface area contributed by atoms with Crippen LogP contribution < -0.4 is 14.9 Å². The van der Waals surface area contributed by atoms with Gasteiger partial charge in [0, 0.05) is 37.7 Å². The number of aryl methyl sites for hydroxylation is 2. The number of hydrogen-bond donors (Lipinski definition) is 2. The molecule has 3 aliphatic rings. The van der Waals surface area contributed by atoms with Gasteiger partial charge < -0.3 is 25.2 Å². The molecule has 2 N–H and O–H groups in total. The largest absolute Gasteiger partial charge is 0.378 e. The molecule has 2 saturated heterocycles. The number of piperidine rings is 1. The molecule has 0 radical (unpaired) electrons. The maximum Gasteiger partial charge on any atom is 0.320 e. The summed E-state index contributed by atoms with van der Waals surface area (Å²) in [7, 11) is -4.25. The van der Waals surface area contributed by atoms with Gasteiger partial charge in [0.05, 0.1) is 35.9 Å². The van der Waals surface area contributed by atoms with Gasteiger partial charge in [0.25, 0.3) is 10.0 Å². The molecule has 5 rings (SSSR count). The first-order valence-corrected chi connectivity index (χ1v) is 16.5. The first-order chi connectivity index (χ1) is 20.6. The minimum atomic E-state index is -4.25. The number of amides is 4. The molecular formula is C30H38ClN5O6S. The molecule has 0 saturated carbocycles. The lowest BCUT2D eigenvalue weighted by molar-refractivity contribution is -0.125. The summed E-state index contributed by atoms with van der Waals surface area (Å²) >= 11 is 6.17. The van der Waals surface area contributed by atoms with Gasteiger partial charge in [-0.2, -0.15) is 0 Å². The highest BCUT2D eigenvalue weighted by Gasteiger charge is 2.43. The van der Waals surface area contributed by atoms with E-state index in [0.29, 0.717) is 79.4 Å². The van der Waals surface area contributed by atoms with Crippen molar-refractivity contribution < 1.29 is 27.5 Å². The summed E-state index contributed by atoms with van der Waals surface area (Å²) in [5, 5.41) is 6.07. The highest BCUT2D eigenvalue weighted by molar-refractivity contribution is 7.93. The van der Waals surface area contributed by atoms with Gasteiger partial charge in [0.2, 0.25) is 11.8 Å². The SMILES string of the molecule is Cc1cc(Cl)cc(C)c1S(=O)(=O)N1c2ccccc2NC(=O)C1CC(=O)NCCC1CCN(C(=O)N2CCOCC2)CC1. The third-order valence-corrected chi connectivity index (χ3v) is 10.7. The zero-order valence-electron chi connectivity index (χ0n) is 24.5. The molecule has 0 aliphatic carbocycles. The first-order valence-electron chi connectivity index (χ1n) is 14.7. The predicted octanol–water partition coefficient (Wildman–Crippen LogP) is 3.53. The molecule has 13 heteroatoms. The van der Waals surface area contributed by atoms with Crippen molar-refractivity contribution in [2.75, 3.05) is 55.6 Å². The molecule has 11 nitrogen and oxygen atoms in total. The molecule has 4 amide bonds. The number of fused-ring (bicyclic) bond motifs is 1. The summed E-state index contributed by atoms with van der Waals surface area (Å²) in [6.07, 6.45) is 2.09. The Morgan fingerprint density at radius 1 is 1.02 bits per heavy atom. The average Bonchev–Trinajstić information content (AvgIpc) is 2.97. The second-order valence-electron chi connectivity index (χ2n) is 11.3. The number of nitrogens with one attached hydrogen (secondary N) is 2. The fourth-order valence-electron chi connectivity index (χ4n) is 6.17. The number of sulfonamides is 1. The highest BCUT2D eigenvalue weighted by atomic mass is 35.5. The van der Waals surface area contributed by atoms with Crippen molar-refractivity contribution in [2.24, 2.45) is 5.92 Å². The Labute approximate surface area is 257 Å². The third-order valence-electron chi connectivity index (χ3n) is 8.35. The number of carbonyl (C=O) groups is 3. The van der Waals surface area contributed by atoms with Crippen molar-refractivity contribution >= 4 is 50.8 Å². The summed E-state index contributed by atoms with van der Waals surface area (Å²) in [5.41, 5.74) is 1.56. The molecular weight excluding hydrogens is 594 g/mol. The quantitative estimate of drug-likeness (QED) is 0.481. The van der Waals surface area contributed by atoms with Crippen LogP contribution in [0.3, 0.4) is 0 Å². The Morgan fingerprint density at radius 3 is 2.33 bits per heavy atom.